The topological polar surface area (TPSA) is 50.4 Å². The first-order valence-corrected chi connectivity index (χ1v) is 6.87. The normalized spacial score (nSPS) is 9.76. The van der Waals surface area contributed by atoms with Crippen LogP contribution in [0.15, 0.2) is 54.6 Å². The molecule has 2 N–H and O–H groups in total. The van der Waals surface area contributed by atoms with E-state index in [4.69, 9.17) is 17.0 Å². The van der Waals surface area contributed by atoms with E-state index >= 15 is 0 Å². The third-order valence-electron chi connectivity index (χ3n) is 2.78. The Balaban J connectivity index is 1.97. The number of amides is 1. The molecule has 0 spiro atoms. The van der Waals surface area contributed by atoms with Crippen molar-refractivity contribution in [2.45, 2.75) is 6.42 Å². The molecule has 1 amide bonds. The molecule has 0 aliphatic heterocycles. The van der Waals surface area contributed by atoms with Crippen LogP contribution in [0.1, 0.15) is 5.56 Å². The zero-order chi connectivity index (χ0) is 15.1. The molecule has 0 radical (unpaired) electrons. The number of carbonyl (C=O) groups is 1. The van der Waals surface area contributed by atoms with Gasteiger partial charge in [0.2, 0.25) is 5.91 Å². The number of para-hydroxylation sites is 1. The Kier molecular flexibility index (Phi) is 5.29. The molecule has 0 heterocycles. The predicted molar refractivity (Wildman–Crippen MR) is 88.4 cm³/mol. The van der Waals surface area contributed by atoms with Crippen LogP contribution in [0.3, 0.4) is 0 Å². The van der Waals surface area contributed by atoms with Crippen molar-refractivity contribution < 1.29 is 9.53 Å². The smallest absolute Gasteiger partial charge is 0.260 e. The van der Waals surface area contributed by atoms with Crippen LogP contribution in [0, 0.1) is 0 Å². The first kappa shape index (κ1) is 15.0. The summed E-state index contributed by atoms with van der Waals surface area (Å²) < 4.78 is 4.90. The molecule has 0 aliphatic carbocycles. The molecule has 2 rings (SSSR count). The Bertz CT molecular complexity index is 629. The summed E-state index contributed by atoms with van der Waals surface area (Å²) in [6.45, 7) is 0. The molecule has 0 aromatic heterocycles. The standard InChI is InChI=1S/C16H16N2O2S/c1-20-16(21)18-14-9-5-6-12(10-14)11-15(19)17-13-7-3-2-4-8-13/h2-10H,11H2,1H3,(H,17,19)(H,18,21). The maximum Gasteiger partial charge on any atom is 0.260 e. The Hall–Kier alpha value is -2.40. The quantitative estimate of drug-likeness (QED) is 0.851. The van der Waals surface area contributed by atoms with Crippen LogP contribution in [0.4, 0.5) is 11.4 Å². The fraction of sp³-hybridized carbons (Fsp3) is 0.125. The third kappa shape index (κ3) is 4.89. The number of anilines is 2. The number of ether oxygens (including phenoxy) is 1. The summed E-state index contributed by atoms with van der Waals surface area (Å²) in [6, 6.07) is 16.9. The van der Waals surface area contributed by atoms with Gasteiger partial charge < -0.3 is 15.4 Å². The van der Waals surface area contributed by atoms with Gasteiger partial charge in [0, 0.05) is 11.4 Å². The highest BCUT2D eigenvalue weighted by molar-refractivity contribution is 7.80. The van der Waals surface area contributed by atoms with E-state index in [0.29, 0.717) is 11.6 Å². The second-order valence-corrected chi connectivity index (χ2v) is 4.78. The highest BCUT2D eigenvalue weighted by Crippen LogP contribution is 2.13. The Labute approximate surface area is 129 Å². The van der Waals surface area contributed by atoms with Crippen LogP contribution in [-0.2, 0) is 16.0 Å². The summed E-state index contributed by atoms with van der Waals surface area (Å²) >= 11 is 4.94. The van der Waals surface area contributed by atoms with Gasteiger partial charge in [0.15, 0.2) is 0 Å². The summed E-state index contributed by atoms with van der Waals surface area (Å²) in [4.78, 5) is 12.0. The van der Waals surface area contributed by atoms with Crippen molar-refractivity contribution in [3.8, 4) is 0 Å². The lowest BCUT2D eigenvalue weighted by molar-refractivity contribution is -0.115. The fourth-order valence-electron chi connectivity index (χ4n) is 1.84. The zero-order valence-electron chi connectivity index (χ0n) is 11.6. The highest BCUT2D eigenvalue weighted by Gasteiger charge is 2.05. The Morgan fingerprint density at radius 2 is 1.76 bits per heavy atom. The van der Waals surface area contributed by atoms with Crippen molar-refractivity contribution in [1.29, 1.82) is 0 Å². The average molecular weight is 300 g/mol. The zero-order valence-corrected chi connectivity index (χ0v) is 12.4. The second kappa shape index (κ2) is 7.40. The molecule has 4 nitrogen and oxygen atoms in total. The van der Waals surface area contributed by atoms with Crippen molar-refractivity contribution >= 4 is 34.7 Å². The van der Waals surface area contributed by atoms with Crippen molar-refractivity contribution in [1.82, 2.24) is 0 Å². The molecule has 5 heteroatoms. The monoisotopic (exact) mass is 300 g/mol. The molecule has 2 aromatic rings. The number of hydrogen-bond donors (Lipinski definition) is 2. The van der Waals surface area contributed by atoms with Crippen molar-refractivity contribution in [2.75, 3.05) is 17.7 Å². The summed E-state index contributed by atoms with van der Waals surface area (Å²) in [6.07, 6.45) is 0.296. The van der Waals surface area contributed by atoms with E-state index in [1.165, 1.54) is 7.11 Å². The van der Waals surface area contributed by atoms with E-state index in [1.54, 1.807) is 0 Å². The van der Waals surface area contributed by atoms with Gasteiger partial charge in [-0.25, -0.2) is 0 Å². The van der Waals surface area contributed by atoms with Gasteiger partial charge >= 0.3 is 0 Å². The number of rotatable bonds is 4. The van der Waals surface area contributed by atoms with E-state index in [9.17, 15) is 4.79 Å². The fourth-order valence-corrected chi connectivity index (χ4v) is 1.96. The lowest BCUT2D eigenvalue weighted by atomic mass is 10.1. The molecule has 108 valence electrons. The van der Waals surface area contributed by atoms with Crippen LogP contribution < -0.4 is 10.6 Å². The van der Waals surface area contributed by atoms with E-state index < -0.39 is 0 Å². The van der Waals surface area contributed by atoms with E-state index in [1.807, 2.05) is 54.6 Å². The molecular weight excluding hydrogens is 284 g/mol. The number of carbonyl (C=O) groups excluding carboxylic acids is 1. The van der Waals surface area contributed by atoms with Gasteiger partial charge in [0.05, 0.1) is 13.5 Å². The van der Waals surface area contributed by atoms with Crippen molar-refractivity contribution in [3.05, 3.63) is 60.2 Å². The van der Waals surface area contributed by atoms with Crippen LogP contribution in [0.25, 0.3) is 0 Å². The minimum absolute atomic E-state index is 0.0623. The van der Waals surface area contributed by atoms with E-state index in [-0.39, 0.29) is 5.91 Å². The third-order valence-corrected chi connectivity index (χ3v) is 3.05. The first-order chi connectivity index (χ1) is 10.2. The molecule has 0 unspecified atom stereocenters. The average Bonchev–Trinajstić information content (AvgIpc) is 2.48. The minimum atomic E-state index is -0.0623. The summed E-state index contributed by atoms with van der Waals surface area (Å²) in [7, 11) is 1.51. The summed E-state index contributed by atoms with van der Waals surface area (Å²) in [5.41, 5.74) is 2.48. The van der Waals surface area contributed by atoms with Crippen LogP contribution >= 0.6 is 12.2 Å². The van der Waals surface area contributed by atoms with Gasteiger partial charge in [0.1, 0.15) is 0 Å². The molecule has 2 aromatic carbocycles. The SMILES string of the molecule is COC(=S)Nc1cccc(CC(=O)Nc2ccccc2)c1. The van der Waals surface area contributed by atoms with Crippen molar-refractivity contribution in [3.63, 3.8) is 0 Å². The molecule has 0 bridgehead atoms. The maximum atomic E-state index is 12.0. The molecule has 21 heavy (non-hydrogen) atoms. The predicted octanol–water partition coefficient (Wildman–Crippen LogP) is 3.21. The minimum Gasteiger partial charge on any atom is -0.474 e. The maximum absolute atomic E-state index is 12.0. The van der Waals surface area contributed by atoms with Gasteiger partial charge in [-0.05, 0) is 42.0 Å². The lowest BCUT2D eigenvalue weighted by Gasteiger charge is -2.09. The molecule has 0 atom stereocenters. The van der Waals surface area contributed by atoms with Gasteiger partial charge in [-0.1, -0.05) is 30.3 Å². The second-order valence-electron chi connectivity index (χ2n) is 4.41. The Morgan fingerprint density at radius 3 is 2.48 bits per heavy atom. The number of nitrogens with one attached hydrogen (secondary N) is 2. The molecule has 0 saturated carbocycles. The number of hydrogen-bond acceptors (Lipinski definition) is 3. The molecule has 0 aliphatic rings. The van der Waals surface area contributed by atoms with Gasteiger partial charge in [-0.3, -0.25) is 4.79 Å². The summed E-state index contributed by atoms with van der Waals surface area (Å²) in [5.74, 6) is -0.0623. The van der Waals surface area contributed by atoms with Crippen LogP contribution in [-0.4, -0.2) is 18.2 Å². The van der Waals surface area contributed by atoms with Crippen LogP contribution in [0.2, 0.25) is 0 Å². The molecular formula is C16H16N2O2S. The first-order valence-electron chi connectivity index (χ1n) is 6.46. The Morgan fingerprint density at radius 1 is 1.05 bits per heavy atom. The number of thiocarbonyl (C=S) groups is 1. The largest absolute Gasteiger partial charge is 0.474 e. The number of methoxy groups -OCH3 is 1. The van der Waals surface area contributed by atoms with Gasteiger partial charge in [0.25, 0.3) is 5.17 Å². The molecule has 0 saturated heterocycles. The lowest BCUT2D eigenvalue weighted by Crippen LogP contribution is -2.15. The molecule has 0 fully saturated rings. The summed E-state index contributed by atoms with van der Waals surface area (Å²) in [5, 5.41) is 6.08. The van der Waals surface area contributed by atoms with Crippen LogP contribution in [0.5, 0.6) is 0 Å². The highest BCUT2D eigenvalue weighted by atomic mass is 32.1. The van der Waals surface area contributed by atoms with Gasteiger partial charge in [-0.15, -0.1) is 0 Å². The van der Waals surface area contributed by atoms with Crippen molar-refractivity contribution in [2.24, 2.45) is 0 Å². The van der Waals surface area contributed by atoms with Gasteiger partial charge in [-0.2, -0.15) is 0 Å². The number of benzene rings is 2. The van der Waals surface area contributed by atoms with E-state index in [2.05, 4.69) is 10.6 Å². The van der Waals surface area contributed by atoms with E-state index in [0.717, 1.165) is 16.9 Å².